The standard InChI is InChI=1S/C16H18N6O/c17-21-12-3-1-11(2-4-12)14-9-13-15(20-14)18-10-19-16(13)22-5-7-23-8-6-22/h1-4,9-10,21H,5-8,17H2,(H,18,19,20). The van der Waals surface area contributed by atoms with Gasteiger partial charge in [-0.1, -0.05) is 12.1 Å². The third-order valence-corrected chi connectivity index (χ3v) is 4.08. The minimum absolute atomic E-state index is 0.732. The Bertz CT molecular complexity index is 807. The Morgan fingerprint density at radius 1 is 1.13 bits per heavy atom. The predicted octanol–water partition coefficient (Wildman–Crippen LogP) is 1.75. The molecule has 118 valence electrons. The fourth-order valence-corrected chi connectivity index (χ4v) is 2.86. The number of ether oxygens (including phenoxy) is 1. The van der Waals surface area contributed by atoms with Crippen molar-refractivity contribution in [1.29, 1.82) is 0 Å². The first-order valence-corrected chi connectivity index (χ1v) is 7.58. The van der Waals surface area contributed by atoms with E-state index in [0.717, 1.165) is 60.1 Å². The van der Waals surface area contributed by atoms with Crippen LogP contribution in [0.5, 0.6) is 0 Å². The summed E-state index contributed by atoms with van der Waals surface area (Å²) in [6, 6.07) is 10.0. The Morgan fingerprint density at radius 2 is 1.91 bits per heavy atom. The van der Waals surface area contributed by atoms with E-state index in [1.165, 1.54) is 0 Å². The monoisotopic (exact) mass is 310 g/mol. The highest BCUT2D eigenvalue weighted by atomic mass is 16.5. The lowest BCUT2D eigenvalue weighted by Gasteiger charge is -2.27. The molecule has 7 nitrogen and oxygen atoms in total. The SMILES string of the molecule is NNc1ccc(-c2cc3c(N4CCOCC4)ncnc3[nH]2)cc1. The van der Waals surface area contributed by atoms with Crippen molar-refractivity contribution >= 4 is 22.5 Å². The zero-order valence-corrected chi connectivity index (χ0v) is 12.6. The number of nitrogen functional groups attached to an aromatic ring is 1. The summed E-state index contributed by atoms with van der Waals surface area (Å²) in [5.41, 5.74) is 6.44. The first-order chi connectivity index (χ1) is 11.3. The van der Waals surface area contributed by atoms with E-state index in [4.69, 9.17) is 10.6 Å². The number of hydrogen-bond donors (Lipinski definition) is 3. The highest BCUT2D eigenvalue weighted by Gasteiger charge is 2.17. The van der Waals surface area contributed by atoms with Gasteiger partial charge in [-0.2, -0.15) is 0 Å². The predicted molar refractivity (Wildman–Crippen MR) is 90.2 cm³/mol. The Kier molecular flexibility index (Phi) is 3.57. The topological polar surface area (TPSA) is 92.1 Å². The van der Waals surface area contributed by atoms with Gasteiger partial charge in [0.1, 0.15) is 17.8 Å². The number of benzene rings is 1. The van der Waals surface area contributed by atoms with Gasteiger partial charge >= 0.3 is 0 Å². The number of nitrogens with zero attached hydrogens (tertiary/aromatic N) is 3. The van der Waals surface area contributed by atoms with Crippen molar-refractivity contribution in [3.63, 3.8) is 0 Å². The molecule has 2 aromatic heterocycles. The first-order valence-electron chi connectivity index (χ1n) is 7.58. The van der Waals surface area contributed by atoms with E-state index in [9.17, 15) is 0 Å². The number of aromatic nitrogens is 3. The lowest BCUT2D eigenvalue weighted by atomic mass is 10.1. The molecular formula is C16H18N6O. The van der Waals surface area contributed by atoms with Crippen LogP contribution < -0.4 is 16.2 Å². The molecular weight excluding hydrogens is 292 g/mol. The normalized spacial score (nSPS) is 15.1. The number of fused-ring (bicyclic) bond motifs is 1. The van der Waals surface area contributed by atoms with Crippen molar-refractivity contribution in [2.45, 2.75) is 0 Å². The number of H-pyrrole nitrogens is 1. The van der Waals surface area contributed by atoms with E-state index in [0.29, 0.717) is 0 Å². The fourth-order valence-electron chi connectivity index (χ4n) is 2.86. The maximum Gasteiger partial charge on any atom is 0.143 e. The molecule has 0 unspecified atom stereocenters. The number of hydrazine groups is 1. The number of rotatable bonds is 3. The lowest BCUT2D eigenvalue weighted by Crippen LogP contribution is -2.36. The van der Waals surface area contributed by atoms with Gasteiger partial charge < -0.3 is 20.0 Å². The van der Waals surface area contributed by atoms with Crippen LogP contribution in [0.3, 0.4) is 0 Å². The van der Waals surface area contributed by atoms with Gasteiger partial charge in [-0.25, -0.2) is 9.97 Å². The van der Waals surface area contributed by atoms with Crippen molar-refractivity contribution in [1.82, 2.24) is 15.0 Å². The number of nitrogens with two attached hydrogens (primary N) is 1. The molecule has 0 aliphatic carbocycles. The van der Waals surface area contributed by atoms with Crippen molar-refractivity contribution in [2.75, 3.05) is 36.6 Å². The fraction of sp³-hybridized carbons (Fsp3) is 0.250. The summed E-state index contributed by atoms with van der Waals surface area (Å²) in [5, 5.41) is 1.03. The van der Waals surface area contributed by atoms with Gasteiger partial charge in [0.2, 0.25) is 0 Å². The van der Waals surface area contributed by atoms with Crippen LogP contribution in [0.4, 0.5) is 11.5 Å². The van der Waals surface area contributed by atoms with E-state index in [-0.39, 0.29) is 0 Å². The van der Waals surface area contributed by atoms with Gasteiger partial charge in [0.25, 0.3) is 0 Å². The molecule has 0 bridgehead atoms. The number of nitrogens with one attached hydrogen (secondary N) is 2. The third-order valence-electron chi connectivity index (χ3n) is 4.08. The molecule has 0 amide bonds. The molecule has 1 fully saturated rings. The number of morpholine rings is 1. The molecule has 0 atom stereocenters. The number of hydrogen-bond acceptors (Lipinski definition) is 6. The van der Waals surface area contributed by atoms with Gasteiger partial charge in [-0.15, -0.1) is 0 Å². The summed E-state index contributed by atoms with van der Waals surface area (Å²) >= 11 is 0. The second-order valence-electron chi connectivity index (χ2n) is 5.46. The molecule has 0 radical (unpaired) electrons. The van der Waals surface area contributed by atoms with Gasteiger partial charge in [0.05, 0.1) is 18.6 Å². The molecule has 1 aliphatic rings. The molecule has 7 heteroatoms. The molecule has 1 saturated heterocycles. The zero-order valence-electron chi connectivity index (χ0n) is 12.6. The quantitative estimate of drug-likeness (QED) is 0.504. The van der Waals surface area contributed by atoms with Gasteiger partial charge in [0, 0.05) is 24.5 Å². The van der Waals surface area contributed by atoms with Gasteiger partial charge in [-0.3, -0.25) is 5.84 Å². The summed E-state index contributed by atoms with van der Waals surface area (Å²) in [7, 11) is 0. The molecule has 3 heterocycles. The van der Waals surface area contributed by atoms with Crippen LogP contribution in [0.15, 0.2) is 36.7 Å². The maximum absolute atomic E-state index is 5.42. The van der Waals surface area contributed by atoms with E-state index >= 15 is 0 Å². The Hall–Kier alpha value is -2.64. The van der Waals surface area contributed by atoms with Crippen LogP contribution in [0.25, 0.3) is 22.3 Å². The molecule has 0 saturated carbocycles. The minimum atomic E-state index is 0.732. The van der Waals surface area contributed by atoms with Crippen molar-refractivity contribution in [3.8, 4) is 11.3 Å². The maximum atomic E-state index is 5.42. The van der Waals surface area contributed by atoms with E-state index in [1.807, 2.05) is 24.3 Å². The Morgan fingerprint density at radius 3 is 2.65 bits per heavy atom. The smallest absolute Gasteiger partial charge is 0.143 e. The van der Waals surface area contributed by atoms with Gasteiger partial charge in [-0.05, 0) is 23.8 Å². The number of aromatic amines is 1. The first kappa shape index (κ1) is 14.0. The van der Waals surface area contributed by atoms with Crippen LogP contribution in [0.1, 0.15) is 0 Å². The molecule has 23 heavy (non-hydrogen) atoms. The molecule has 0 spiro atoms. The lowest BCUT2D eigenvalue weighted by molar-refractivity contribution is 0.122. The van der Waals surface area contributed by atoms with Crippen LogP contribution >= 0.6 is 0 Å². The minimum Gasteiger partial charge on any atom is -0.378 e. The molecule has 3 aromatic rings. The zero-order chi connectivity index (χ0) is 15.6. The summed E-state index contributed by atoms with van der Waals surface area (Å²) in [6.07, 6.45) is 1.61. The van der Waals surface area contributed by atoms with Gasteiger partial charge in [0.15, 0.2) is 0 Å². The highest BCUT2D eigenvalue weighted by Crippen LogP contribution is 2.29. The van der Waals surface area contributed by atoms with Crippen molar-refractivity contribution < 1.29 is 4.74 Å². The molecule has 1 aliphatic heterocycles. The Balaban J connectivity index is 1.74. The highest BCUT2D eigenvalue weighted by molar-refractivity contribution is 5.92. The average molecular weight is 310 g/mol. The van der Waals surface area contributed by atoms with E-state index < -0.39 is 0 Å². The summed E-state index contributed by atoms with van der Waals surface area (Å²) < 4.78 is 5.42. The summed E-state index contributed by atoms with van der Waals surface area (Å²) in [5.74, 6) is 6.37. The molecule has 4 N–H and O–H groups in total. The summed E-state index contributed by atoms with van der Waals surface area (Å²) in [6.45, 7) is 3.17. The second-order valence-corrected chi connectivity index (χ2v) is 5.46. The second kappa shape index (κ2) is 5.86. The van der Waals surface area contributed by atoms with Crippen LogP contribution in [0, 0.1) is 0 Å². The molecule has 4 rings (SSSR count). The van der Waals surface area contributed by atoms with E-state index in [2.05, 4.69) is 31.3 Å². The number of anilines is 2. The Labute approximate surface area is 133 Å². The van der Waals surface area contributed by atoms with E-state index in [1.54, 1.807) is 6.33 Å². The van der Waals surface area contributed by atoms with Crippen LogP contribution in [-0.4, -0.2) is 41.3 Å². The summed E-state index contributed by atoms with van der Waals surface area (Å²) in [4.78, 5) is 14.4. The molecule has 1 aromatic carbocycles. The van der Waals surface area contributed by atoms with Crippen molar-refractivity contribution in [3.05, 3.63) is 36.7 Å². The third kappa shape index (κ3) is 2.60. The van der Waals surface area contributed by atoms with Crippen LogP contribution in [0.2, 0.25) is 0 Å². The van der Waals surface area contributed by atoms with Crippen LogP contribution in [-0.2, 0) is 4.74 Å². The largest absolute Gasteiger partial charge is 0.378 e. The van der Waals surface area contributed by atoms with Crippen molar-refractivity contribution in [2.24, 2.45) is 5.84 Å². The average Bonchev–Trinajstić information content (AvgIpc) is 3.06.